The Morgan fingerprint density at radius 2 is 1.62 bits per heavy atom. The lowest BCUT2D eigenvalue weighted by Crippen LogP contribution is -2.19. The van der Waals surface area contributed by atoms with Gasteiger partial charge in [0.1, 0.15) is 5.75 Å². The van der Waals surface area contributed by atoms with E-state index in [1.54, 1.807) is 24.3 Å². The molecule has 2 aromatic rings. The fourth-order valence-corrected chi connectivity index (χ4v) is 2.37. The SMILES string of the molecule is Cc1ccc(NS(=O)(=O)Oc2ccc([N+](=O)[O-])cc2)cc1. The number of rotatable bonds is 5. The van der Waals surface area contributed by atoms with Crippen LogP contribution in [0.4, 0.5) is 11.4 Å². The van der Waals surface area contributed by atoms with Crippen LogP contribution in [0.1, 0.15) is 5.56 Å². The Balaban J connectivity index is 2.10. The molecule has 0 amide bonds. The summed E-state index contributed by atoms with van der Waals surface area (Å²) in [6, 6.07) is 11.5. The van der Waals surface area contributed by atoms with E-state index in [9.17, 15) is 18.5 Å². The minimum atomic E-state index is -4.05. The summed E-state index contributed by atoms with van der Waals surface area (Å²) in [6.45, 7) is 1.88. The molecule has 0 bridgehead atoms. The van der Waals surface area contributed by atoms with Crippen LogP contribution >= 0.6 is 0 Å². The quantitative estimate of drug-likeness (QED) is 0.676. The van der Waals surface area contributed by atoms with Crippen molar-refractivity contribution < 1.29 is 17.5 Å². The highest BCUT2D eigenvalue weighted by Crippen LogP contribution is 2.19. The summed E-state index contributed by atoms with van der Waals surface area (Å²) in [4.78, 5) is 9.92. The molecule has 0 aliphatic carbocycles. The Morgan fingerprint density at radius 3 is 2.14 bits per heavy atom. The molecule has 8 heteroatoms. The van der Waals surface area contributed by atoms with Crippen molar-refractivity contribution in [3.63, 3.8) is 0 Å². The molecule has 110 valence electrons. The van der Waals surface area contributed by atoms with Crippen LogP contribution in [-0.4, -0.2) is 13.3 Å². The molecule has 1 N–H and O–H groups in total. The lowest BCUT2D eigenvalue weighted by atomic mass is 10.2. The number of anilines is 1. The maximum atomic E-state index is 11.8. The van der Waals surface area contributed by atoms with Gasteiger partial charge in [-0.1, -0.05) is 17.7 Å². The highest BCUT2D eigenvalue weighted by molar-refractivity contribution is 7.88. The zero-order chi connectivity index (χ0) is 15.5. The summed E-state index contributed by atoms with van der Waals surface area (Å²) in [7, 11) is -4.05. The summed E-state index contributed by atoms with van der Waals surface area (Å²) in [6.07, 6.45) is 0. The minimum absolute atomic E-state index is 0.0137. The van der Waals surface area contributed by atoms with Crippen molar-refractivity contribution in [3.8, 4) is 5.75 Å². The van der Waals surface area contributed by atoms with E-state index in [-0.39, 0.29) is 11.4 Å². The van der Waals surface area contributed by atoms with Gasteiger partial charge in [-0.25, -0.2) is 0 Å². The molecule has 2 aromatic carbocycles. The average Bonchev–Trinajstić information content (AvgIpc) is 2.41. The van der Waals surface area contributed by atoms with Gasteiger partial charge in [-0.15, -0.1) is 0 Å². The molecule has 21 heavy (non-hydrogen) atoms. The van der Waals surface area contributed by atoms with Crippen molar-refractivity contribution in [2.24, 2.45) is 0 Å². The number of nitrogens with one attached hydrogen (secondary N) is 1. The minimum Gasteiger partial charge on any atom is -0.367 e. The van der Waals surface area contributed by atoms with Crippen molar-refractivity contribution in [1.29, 1.82) is 0 Å². The van der Waals surface area contributed by atoms with Gasteiger partial charge >= 0.3 is 10.3 Å². The van der Waals surface area contributed by atoms with Crippen molar-refractivity contribution in [2.45, 2.75) is 6.92 Å². The lowest BCUT2D eigenvalue weighted by Gasteiger charge is -2.09. The van der Waals surface area contributed by atoms with Gasteiger partial charge in [-0.2, -0.15) is 8.42 Å². The van der Waals surface area contributed by atoms with Crippen LogP contribution in [0.3, 0.4) is 0 Å². The van der Waals surface area contributed by atoms with Crippen LogP contribution in [0.25, 0.3) is 0 Å². The molecule has 0 heterocycles. The van der Waals surface area contributed by atoms with Crippen LogP contribution < -0.4 is 8.91 Å². The zero-order valence-corrected chi connectivity index (χ0v) is 11.8. The molecule has 0 saturated heterocycles. The third-order valence-corrected chi connectivity index (χ3v) is 3.45. The van der Waals surface area contributed by atoms with Crippen molar-refractivity contribution in [1.82, 2.24) is 0 Å². The Kier molecular flexibility index (Phi) is 4.08. The fourth-order valence-electron chi connectivity index (χ4n) is 1.54. The number of hydrogen-bond donors (Lipinski definition) is 1. The van der Waals surface area contributed by atoms with Gasteiger partial charge < -0.3 is 4.18 Å². The molecular formula is C13H12N2O5S. The Morgan fingerprint density at radius 1 is 1.05 bits per heavy atom. The van der Waals surface area contributed by atoms with E-state index in [0.717, 1.165) is 17.7 Å². The normalized spacial score (nSPS) is 10.9. The van der Waals surface area contributed by atoms with Crippen molar-refractivity contribution in [3.05, 3.63) is 64.2 Å². The number of nitrogens with zero attached hydrogens (tertiary/aromatic N) is 1. The second kappa shape index (κ2) is 5.80. The molecule has 0 aliphatic heterocycles. The van der Waals surface area contributed by atoms with E-state index in [0.29, 0.717) is 5.69 Å². The standard InChI is InChI=1S/C13H12N2O5S/c1-10-2-4-11(5-3-10)14-21(18,19)20-13-8-6-12(7-9-13)15(16)17/h2-9,14H,1H3. The molecule has 0 fully saturated rings. The largest absolute Gasteiger partial charge is 0.407 e. The molecule has 0 spiro atoms. The fraction of sp³-hybridized carbons (Fsp3) is 0.0769. The van der Waals surface area contributed by atoms with E-state index in [1.807, 2.05) is 6.92 Å². The van der Waals surface area contributed by atoms with Crippen LogP contribution in [-0.2, 0) is 10.3 Å². The summed E-state index contributed by atoms with van der Waals surface area (Å²) < 4.78 is 30.7. The van der Waals surface area contributed by atoms with Gasteiger partial charge in [0.2, 0.25) is 0 Å². The number of benzene rings is 2. The van der Waals surface area contributed by atoms with Gasteiger partial charge in [-0.05, 0) is 31.2 Å². The molecule has 0 saturated carbocycles. The molecule has 2 rings (SSSR count). The number of non-ortho nitro benzene ring substituents is 1. The van der Waals surface area contributed by atoms with Crippen LogP contribution in [0.15, 0.2) is 48.5 Å². The summed E-state index contributed by atoms with van der Waals surface area (Å²) in [5.74, 6) is -0.0137. The van der Waals surface area contributed by atoms with Gasteiger partial charge in [-0.3, -0.25) is 14.8 Å². The smallest absolute Gasteiger partial charge is 0.367 e. The third kappa shape index (κ3) is 4.18. The highest BCUT2D eigenvalue weighted by Gasteiger charge is 2.13. The van der Waals surface area contributed by atoms with E-state index in [2.05, 4.69) is 4.72 Å². The van der Waals surface area contributed by atoms with E-state index in [4.69, 9.17) is 4.18 Å². The maximum absolute atomic E-state index is 11.8. The van der Waals surface area contributed by atoms with Gasteiger partial charge in [0.05, 0.1) is 10.6 Å². The second-order valence-corrected chi connectivity index (χ2v) is 5.54. The molecule has 0 unspecified atom stereocenters. The molecule has 0 atom stereocenters. The van der Waals surface area contributed by atoms with Crippen LogP contribution in [0, 0.1) is 17.0 Å². The first-order valence-corrected chi connectivity index (χ1v) is 7.30. The molecular weight excluding hydrogens is 296 g/mol. The van der Waals surface area contributed by atoms with E-state index < -0.39 is 15.2 Å². The van der Waals surface area contributed by atoms with Gasteiger partial charge in [0.25, 0.3) is 5.69 Å². The molecule has 0 aliphatic rings. The first kappa shape index (κ1) is 14.8. The zero-order valence-electron chi connectivity index (χ0n) is 11.0. The van der Waals surface area contributed by atoms with E-state index in [1.165, 1.54) is 12.1 Å². The van der Waals surface area contributed by atoms with Gasteiger partial charge in [0.15, 0.2) is 0 Å². The number of aryl methyl sites for hydroxylation is 1. The summed E-state index contributed by atoms with van der Waals surface area (Å²) in [5, 5.41) is 10.5. The predicted octanol–water partition coefficient (Wildman–Crippen LogP) is 2.64. The average molecular weight is 308 g/mol. The van der Waals surface area contributed by atoms with Crippen molar-refractivity contribution in [2.75, 3.05) is 4.72 Å². The first-order chi connectivity index (χ1) is 9.85. The lowest BCUT2D eigenvalue weighted by molar-refractivity contribution is -0.384. The number of nitro benzene ring substituents is 1. The highest BCUT2D eigenvalue weighted by atomic mass is 32.2. The van der Waals surface area contributed by atoms with Crippen LogP contribution in [0.5, 0.6) is 5.75 Å². The molecule has 7 nitrogen and oxygen atoms in total. The predicted molar refractivity (Wildman–Crippen MR) is 77.4 cm³/mol. The summed E-state index contributed by atoms with van der Waals surface area (Å²) in [5.41, 5.74) is 1.21. The van der Waals surface area contributed by atoms with Crippen molar-refractivity contribution >= 4 is 21.7 Å². The number of nitro groups is 1. The Bertz CT molecular complexity index is 739. The topological polar surface area (TPSA) is 98.5 Å². The first-order valence-electron chi connectivity index (χ1n) is 5.89. The molecule has 0 radical (unpaired) electrons. The summed E-state index contributed by atoms with van der Waals surface area (Å²) >= 11 is 0. The van der Waals surface area contributed by atoms with Crippen LogP contribution in [0.2, 0.25) is 0 Å². The maximum Gasteiger partial charge on any atom is 0.407 e. The van der Waals surface area contributed by atoms with E-state index >= 15 is 0 Å². The molecule has 0 aromatic heterocycles. The monoisotopic (exact) mass is 308 g/mol. The Labute approximate surface area is 121 Å². The number of hydrogen-bond acceptors (Lipinski definition) is 5. The van der Waals surface area contributed by atoms with Gasteiger partial charge in [0, 0.05) is 12.1 Å². The second-order valence-electron chi connectivity index (χ2n) is 4.26. The third-order valence-electron chi connectivity index (χ3n) is 2.55. The Hall–Kier alpha value is -2.61.